The summed E-state index contributed by atoms with van der Waals surface area (Å²) in [5.41, 5.74) is 5.12. The molecule has 106 valence electrons. The zero-order chi connectivity index (χ0) is 14.0. The highest BCUT2D eigenvalue weighted by Gasteiger charge is 2.23. The fraction of sp³-hybridized carbons (Fsp3) is 0.625. The number of nitrogens with zero attached hydrogens (tertiary/aromatic N) is 1. The van der Waals surface area contributed by atoms with Gasteiger partial charge in [0.2, 0.25) is 0 Å². The largest absolute Gasteiger partial charge is 0.494 e. The molecule has 1 N–H and O–H groups in total. The number of hydrogen-bond donors (Lipinski definition) is 1. The molecule has 0 unspecified atom stereocenters. The molecule has 0 radical (unpaired) electrons. The van der Waals surface area contributed by atoms with Crippen molar-refractivity contribution in [3.8, 4) is 5.75 Å². The van der Waals surface area contributed by atoms with Gasteiger partial charge in [0, 0.05) is 13.1 Å². The maximum absolute atomic E-state index is 5.69. The topological polar surface area (TPSA) is 24.5 Å². The van der Waals surface area contributed by atoms with Gasteiger partial charge in [0.05, 0.1) is 12.8 Å². The first-order valence-corrected chi connectivity index (χ1v) is 7.14. The molecule has 1 aliphatic rings. The van der Waals surface area contributed by atoms with E-state index in [9.17, 15) is 0 Å². The van der Waals surface area contributed by atoms with E-state index in [0.29, 0.717) is 6.04 Å². The molecule has 1 saturated heterocycles. The van der Waals surface area contributed by atoms with Crippen LogP contribution in [0.15, 0.2) is 6.07 Å². The van der Waals surface area contributed by atoms with Gasteiger partial charge >= 0.3 is 0 Å². The van der Waals surface area contributed by atoms with Crippen molar-refractivity contribution in [2.24, 2.45) is 0 Å². The molecule has 0 aliphatic carbocycles. The first-order chi connectivity index (χ1) is 9.06. The first-order valence-electron chi connectivity index (χ1n) is 7.14. The number of nitrogens with one attached hydrogen (secondary N) is 1. The number of rotatable bonds is 3. The van der Waals surface area contributed by atoms with Crippen molar-refractivity contribution >= 4 is 5.69 Å². The third-order valence-electron chi connectivity index (χ3n) is 4.37. The van der Waals surface area contributed by atoms with E-state index >= 15 is 0 Å². The minimum absolute atomic E-state index is 0.607. The zero-order valence-electron chi connectivity index (χ0n) is 12.8. The normalized spacial score (nSPS) is 16.5. The summed E-state index contributed by atoms with van der Waals surface area (Å²) in [6.07, 6.45) is 2.40. The van der Waals surface area contributed by atoms with Gasteiger partial charge in [-0.2, -0.15) is 0 Å². The summed E-state index contributed by atoms with van der Waals surface area (Å²) in [6, 6.07) is 2.88. The number of benzene rings is 1. The van der Waals surface area contributed by atoms with Crippen LogP contribution >= 0.6 is 0 Å². The predicted molar refractivity (Wildman–Crippen MR) is 81.5 cm³/mol. The van der Waals surface area contributed by atoms with Crippen molar-refractivity contribution in [2.45, 2.75) is 39.7 Å². The third-order valence-corrected chi connectivity index (χ3v) is 4.37. The fourth-order valence-corrected chi connectivity index (χ4v) is 3.10. The molecular formula is C16H26N2O. The van der Waals surface area contributed by atoms with Crippen LogP contribution in [0.4, 0.5) is 5.69 Å². The molecule has 0 atom stereocenters. The molecule has 0 bridgehead atoms. The number of aryl methyl sites for hydroxylation is 2. The second-order valence-corrected chi connectivity index (χ2v) is 5.61. The van der Waals surface area contributed by atoms with Gasteiger partial charge in [0.15, 0.2) is 0 Å². The second-order valence-electron chi connectivity index (χ2n) is 5.61. The van der Waals surface area contributed by atoms with Crippen molar-refractivity contribution in [3.05, 3.63) is 22.8 Å². The zero-order valence-corrected chi connectivity index (χ0v) is 12.8. The van der Waals surface area contributed by atoms with E-state index in [2.05, 4.69) is 44.1 Å². The Hall–Kier alpha value is -1.22. The van der Waals surface area contributed by atoms with Crippen LogP contribution < -0.4 is 15.0 Å². The van der Waals surface area contributed by atoms with Crippen molar-refractivity contribution in [1.82, 2.24) is 5.32 Å². The summed E-state index contributed by atoms with van der Waals surface area (Å²) in [7, 11) is 3.98. The van der Waals surface area contributed by atoms with Gasteiger partial charge in [0.1, 0.15) is 5.75 Å². The predicted octanol–water partition coefficient (Wildman–Crippen LogP) is 2.81. The lowest BCUT2D eigenvalue weighted by Crippen LogP contribution is -2.41. The average Bonchev–Trinajstić information content (AvgIpc) is 2.42. The van der Waals surface area contributed by atoms with Gasteiger partial charge < -0.3 is 15.0 Å². The highest BCUT2D eigenvalue weighted by Crippen LogP contribution is 2.38. The Labute approximate surface area is 116 Å². The molecule has 19 heavy (non-hydrogen) atoms. The number of ether oxygens (including phenoxy) is 1. The van der Waals surface area contributed by atoms with E-state index < -0.39 is 0 Å². The first kappa shape index (κ1) is 14.2. The Morgan fingerprint density at radius 1 is 1.16 bits per heavy atom. The Morgan fingerprint density at radius 2 is 1.79 bits per heavy atom. The van der Waals surface area contributed by atoms with Gasteiger partial charge in [0.25, 0.3) is 0 Å². The van der Waals surface area contributed by atoms with E-state index in [4.69, 9.17) is 4.74 Å². The summed E-state index contributed by atoms with van der Waals surface area (Å²) in [5, 5.41) is 3.43. The molecule has 1 fully saturated rings. The Morgan fingerprint density at radius 3 is 2.37 bits per heavy atom. The Kier molecular flexibility index (Phi) is 4.35. The van der Waals surface area contributed by atoms with Gasteiger partial charge in [-0.05, 0) is 63.4 Å². The molecule has 1 aromatic carbocycles. The number of anilines is 1. The summed E-state index contributed by atoms with van der Waals surface area (Å²) in [4.78, 5) is 2.42. The van der Waals surface area contributed by atoms with Crippen LogP contribution in [-0.2, 0) is 0 Å². The van der Waals surface area contributed by atoms with Crippen molar-refractivity contribution in [3.63, 3.8) is 0 Å². The molecule has 0 spiro atoms. The van der Waals surface area contributed by atoms with E-state index in [0.717, 1.165) is 18.8 Å². The summed E-state index contributed by atoms with van der Waals surface area (Å²) in [5.74, 6) is 1.04. The van der Waals surface area contributed by atoms with Crippen LogP contribution in [0.5, 0.6) is 5.75 Å². The van der Waals surface area contributed by atoms with Gasteiger partial charge in [-0.25, -0.2) is 0 Å². The summed E-state index contributed by atoms with van der Waals surface area (Å²) < 4.78 is 5.69. The molecule has 0 aromatic heterocycles. The lowest BCUT2D eigenvalue weighted by Gasteiger charge is -2.35. The average molecular weight is 262 g/mol. The third kappa shape index (κ3) is 2.71. The quantitative estimate of drug-likeness (QED) is 0.906. The highest BCUT2D eigenvalue weighted by molar-refractivity contribution is 5.68. The minimum Gasteiger partial charge on any atom is -0.494 e. The van der Waals surface area contributed by atoms with E-state index in [1.807, 2.05) is 0 Å². The van der Waals surface area contributed by atoms with Crippen molar-refractivity contribution < 1.29 is 4.74 Å². The molecule has 1 heterocycles. The molecule has 0 amide bonds. The van der Waals surface area contributed by atoms with E-state index in [-0.39, 0.29) is 0 Å². The molecule has 1 aliphatic heterocycles. The van der Waals surface area contributed by atoms with Crippen LogP contribution in [0.1, 0.15) is 29.5 Å². The number of hydrogen-bond acceptors (Lipinski definition) is 3. The maximum atomic E-state index is 5.69. The lowest BCUT2D eigenvalue weighted by atomic mass is 9.99. The molecule has 0 saturated carbocycles. The SMILES string of the molecule is COc1c(C)c(C)cc(C)c1N(C)C1CCNCC1. The summed E-state index contributed by atoms with van der Waals surface area (Å²) >= 11 is 0. The van der Waals surface area contributed by atoms with Gasteiger partial charge in [-0.1, -0.05) is 6.07 Å². The van der Waals surface area contributed by atoms with Gasteiger partial charge in [-0.15, -0.1) is 0 Å². The van der Waals surface area contributed by atoms with Gasteiger partial charge in [-0.3, -0.25) is 0 Å². The molecular weight excluding hydrogens is 236 g/mol. The lowest BCUT2D eigenvalue weighted by molar-refractivity contribution is 0.402. The van der Waals surface area contributed by atoms with Crippen LogP contribution in [0, 0.1) is 20.8 Å². The highest BCUT2D eigenvalue weighted by atomic mass is 16.5. The monoisotopic (exact) mass is 262 g/mol. The van der Waals surface area contributed by atoms with Crippen molar-refractivity contribution in [1.29, 1.82) is 0 Å². The van der Waals surface area contributed by atoms with Crippen LogP contribution in [0.25, 0.3) is 0 Å². The summed E-state index contributed by atoms with van der Waals surface area (Å²) in [6.45, 7) is 8.71. The van der Waals surface area contributed by atoms with E-state index in [1.165, 1.54) is 35.2 Å². The molecule has 1 aromatic rings. The minimum atomic E-state index is 0.607. The molecule has 3 nitrogen and oxygen atoms in total. The van der Waals surface area contributed by atoms with Crippen LogP contribution in [0.2, 0.25) is 0 Å². The van der Waals surface area contributed by atoms with Crippen LogP contribution in [-0.4, -0.2) is 33.3 Å². The van der Waals surface area contributed by atoms with Crippen molar-refractivity contribution in [2.75, 3.05) is 32.1 Å². The smallest absolute Gasteiger partial charge is 0.145 e. The number of methoxy groups -OCH3 is 1. The molecule has 2 rings (SSSR count). The Balaban J connectivity index is 2.39. The second kappa shape index (κ2) is 5.83. The van der Waals surface area contributed by atoms with E-state index in [1.54, 1.807) is 7.11 Å². The fourth-order valence-electron chi connectivity index (χ4n) is 3.10. The number of piperidine rings is 1. The molecule has 3 heteroatoms. The maximum Gasteiger partial charge on any atom is 0.145 e. The standard InChI is InChI=1S/C16H26N2O/c1-11-10-12(2)15(16(19-5)13(11)3)18(4)14-6-8-17-9-7-14/h10,14,17H,6-9H2,1-5H3. The van der Waals surface area contributed by atoms with Crippen LogP contribution in [0.3, 0.4) is 0 Å². The Bertz CT molecular complexity index is 451.